The molecule has 0 atom stereocenters. The topological polar surface area (TPSA) is 69.7 Å². The maximum Gasteiger partial charge on any atom is 0.246 e. The molecule has 1 fully saturated rings. The third-order valence-electron chi connectivity index (χ3n) is 4.43. The molecular formula is C18H22FN3O3S2. The minimum atomic E-state index is -3.85. The highest BCUT2D eigenvalue weighted by atomic mass is 32.2. The Balaban J connectivity index is 1.46. The van der Waals surface area contributed by atoms with Crippen molar-refractivity contribution in [2.75, 3.05) is 39.3 Å². The molecule has 1 saturated heterocycles. The van der Waals surface area contributed by atoms with Gasteiger partial charge in [0.05, 0.1) is 6.54 Å². The molecule has 146 valence electrons. The first kappa shape index (κ1) is 19.9. The first-order valence-electron chi connectivity index (χ1n) is 8.73. The van der Waals surface area contributed by atoms with Crippen LogP contribution >= 0.6 is 11.3 Å². The smallest absolute Gasteiger partial charge is 0.246 e. The van der Waals surface area contributed by atoms with Crippen LogP contribution in [0.5, 0.6) is 0 Å². The average molecular weight is 412 g/mol. The lowest BCUT2D eigenvalue weighted by Gasteiger charge is -2.33. The van der Waals surface area contributed by atoms with Gasteiger partial charge < -0.3 is 5.32 Å². The molecule has 3 rings (SSSR count). The molecule has 1 aliphatic heterocycles. The van der Waals surface area contributed by atoms with E-state index in [0.29, 0.717) is 19.6 Å². The van der Waals surface area contributed by atoms with Crippen molar-refractivity contribution in [1.82, 2.24) is 14.5 Å². The standard InChI is InChI=1S/C18H22FN3O3S2/c19-16-5-1-2-6-17(16)27(24,25)22-11-9-21(10-12-22)14-18(23)20-8-7-15-4-3-13-26-15/h1-6,13H,7-12,14H2,(H,20,23). The van der Waals surface area contributed by atoms with Gasteiger partial charge in [0.25, 0.3) is 0 Å². The quantitative estimate of drug-likeness (QED) is 0.751. The molecule has 1 aromatic carbocycles. The van der Waals surface area contributed by atoms with Gasteiger partial charge in [-0.2, -0.15) is 4.31 Å². The van der Waals surface area contributed by atoms with Crippen LogP contribution in [0.1, 0.15) is 4.88 Å². The van der Waals surface area contributed by atoms with Crippen LogP contribution in [-0.4, -0.2) is 62.8 Å². The van der Waals surface area contributed by atoms with E-state index in [9.17, 15) is 17.6 Å². The second-order valence-electron chi connectivity index (χ2n) is 6.29. The zero-order valence-electron chi connectivity index (χ0n) is 14.8. The third-order valence-corrected chi connectivity index (χ3v) is 7.29. The van der Waals surface area contributed by atoms with Gasteiger partial charge >= 0.3 is 0 Å². The maximum absolute atomic E-state index is 13.8. The Morgan fingerprint density at radius 1 is 1.11 bits per heavy atom. The number of benzene rings is 1. The van der Waals surface area contributed by atoms with Crippen molar-refractivity contribution in [3.05, 3.63) is 52.5 Å². The van der Waals surface area contributed by atoms with Crippen LogP contribution in [0.15, 0.2) is 46.7 Å². The summed E-state index contributed by atoms with van der Waals surface area (Å²) in [7, 11) is -3.85. The molecule has 9 heteroatoms. The summed E-state index contributed by atoms with van der Waals surface area (Å²) < 4.78 is 40.3. The van der Waals surface area contributed by atoms with Gasteiger partial charge in [-0.15, -0.1) is 11.3 Å². The van der Waals surface area contributed by atoms with Crippen LogP contribution in [-0.2, 0) is 21.2 Å². The number of hydrogen-bond acceptors (Lipinski definition) is 5. The van der Waals surface area contributed by atoms with Gasteiger partial charge in [-0.25, -0.2) is 12.8 Å². The number of nitrogens with zero attached hydrogens (tertiary/aromatic N) is 2. The average Bonchev–Trinajstić information content (AvgIpc) is 3.16. The Morgan fingerprint density at radius 3 is 2.52 bits per heavy atom. The first-order chi connectivity index (χ1) is 13.0. The number of hydrogen-bond donors (Lipinski definition) is 1. The van der Waals surface area contributed by atoms with Crippen molar-refractivity contribution in [2.24, 2.45) is 0 Å². The molecule has 0 bridgehead atoms. The number of rotatable bonds is 7. The lowest BCUT2D eigenvalue weighted by Crippen LogP contribution is -2.51. The van der Waals surface area contributed by atoms with Crippen molar-refractivity contribution >= 4 is 27.3 Å². The van der Waals surface area contributed by atoms with Gasteiger partial charge in [0.2, 0.25) is 15.9 Å². The van der Waals surface area contributed by atoms with Crippen molar-refractivity contribution in [3.63, 3.8) is 0 Å². The second-order valence-corrected chi connectivity index (χ2v) is 9.23. The molecule has 2 aromatic rings. The summed E-state index contributed by atoms with van der Waals surface area (Å²) in [5.41, 5.74) is 0. The summed E-state index contributed by atoms with van der Waals surface area (Å²) in [6, 6.07) is 9.40. The van der Waals surface area contributed by atoms with Gasteiger partial charge in [0.15, 0.2) is 0 Å². The van der Waals surface area contributed by atoms with E-state index in [1.54, 1.807) is 11.3 Å². The molecule has 0 spiro atoms. The van der Waals surface area contributed by atoms with E-state index in [1.807, 2.05) is 22.4 Å². The monoisotopic (exact) mass is 411 g/mol. The lowest BCUT2D eigenvalue weighted by atomic mass is 10.3. The fourth-order valence-electron chi connectivity index (χ4n) is 2.96. The van der Waals surface area contributed by atoms with Gasteiger partial charge in [0, 0.05) is 37.6 Å². The Bertz CT molecular complexity index is 864. The normalized spacial score (nSPS) is 16.3. The number of carbonyl (C=O) groups is 1. The fourth-order valence-corrected chi connectivity index (χ4v) is 5.16. The predicted octanol–water partition coefficient (Wildman–Crippen LogP) is 1.55. The Kier molecular flexibility index (Phi) is 6.59. The largest absolute Gasteiger partial charge is 0.355 e. The number of thiophene rings is 1. The van der Waals surface area contributed by atoms with Gasteiger partial charge in [-0.1, -0.05) is 18.2 Å². The van der Waals surface area contributed by atoms with Crippen LogP contribution in [0, 0.1) is 5.82 Å². The van der Waals surface area contributed by atoms with Gasteiger partial charge in [-0.3, -0.25) is 9.69 Å². The van der Waals surface area contributed by atoms with E-state index in [1.165, 1.54) is 27.4 Å². The van der Waals surface area contributed by atoms with Gasteiger partial charge in [-0.05, 0) is 30.0 Å². The summed E-state index contributed by atoms with van der Waals surface area (Å²) in [4.78, 5) is 14.9. The van der Waals surface area contributed by atoms with Crippen molar-refractivity contribution in [2.45, 2.75) is 11.3 Å². The summed E-state index contributed by atoms with van der Waals surface area (Å²) >= 11 is 1.66. The number of piperazine rings is 1. The lowest BCUT2D eigenvalue weighted by molar-refractivity contribution is -0.122. The zero-order chi connectivity index (χ0) is 19.3. The molecule has 1 aromatic heterocycles. The molecular weight excluding hydrogens is 389 g/mol. The van der Waals surface area contributed by atoms with E-state index in [4.69, 9.17) is 0 Å². The van der Waals surface area contributed by atoms with Crippen LogP contribution in [0.2, 0.25) is 0 Å². The number of amides is 1. The minimum Gasteiger partial charge on any atom is -0.355 e. The van der Waals surface area contributed by atoms with Crippen molar-refractivity contribution < 1.29 is 17.6 Å². The number of halogens is 1. The highest BCUT2D eigenvalue weighted by molar-refractivity contribution is 7.89. The molecule has 0 aliphatic carbocycles. The molecule has 0 saturated carbocycles. The summed E-state index contributed by atoms with van der Waals surface area (Å²) in [5.74, 6) is -0.818. The molecule has 0 unspecified atom stereocenters. The highest BCUT2D eigenvalue weighted by Gasteiger charge is 2.30. The van der Waals surface area contributed by atoms with Crippen LogP contribution in [0.3, 0.4) is 0 Å². The number of carbonyl (C=O) groups excluding carboxylic acids is 1. The molecule has 27 heavy (non-hydrogen) atoms. The van der Waals surface area contributed by atoms with Gasteiger partial charge in [0.1, 0.15) is 10.7 Å². The summed E-state index contributed by atoms with van der Waals surface area (Å²) in [6.07, 6.45) is 0.804. The molecule has 0 radical (unpaired) electrons. The Labute approximate surface area is 162 Å². The van der Waals surface area contributed by atoms with Crippen molar-refractivity contribution in [3.8, 4) is 0 Å². The van der Waals surface area contributed by atoms with E-state index in [0.717, 1.165) is 12.5 Å². The fraction of sp³-hybridized carbons (Fsp3) is 0.389. The Hall–Kier alpha value is -1.81. The first-order valence-corrected chi connectivity index (χ1v) is 11.0. The minimum absolute atomic E-state index is 0.0723. The van der Waals surface area contributed by atoms with Crippen LogP contribution in [0.25, 0.3) is 0 Å². The predicted molar refractivity (Wildman–Crippen MR) is 103 cm³/mol. The van der Waals surface area contributed by atoms with E-state index < -0.39 is 15.8 Å². The molecule has 1 amide bonds. The van der Waals surface area contributed by atoms with Crippen LogP contribution < -0.4 is 5.32 Å². The highest BCUT2D eigenvalue weighted by Crippen LogP contribution is 2.20. The molecule has 1 N–H and O–H groups in total. The van der Waals surface area contributed by atoms with Crippen LogP contribution in [0.4, 0.5) is 4.39 Å². The van der Waals surface area contributed by atoms with E-state index in [-0.39, 0.29) is 30.4 Å². The SMILES string of the molecule is O=C(CN1CCN(S(=O)(=O)c2ccccc2F)CC1)NCCc1cccs1. The zero-order valence-corrected chi connectivity index (χ0v) is 16.4. The summed E-state index contributed by atoms with van der Waals surface area (Å²) in [5, 5.41) is 4.89. The number of sulfonamides is 1. The maximum atomic E-state index is 13.8. The molecule has 6 nitrogen and oxygen atoms in total. The van der Waals surface area contributed by atoms with E-state index >= 15 is 0 Å². The van der Waals surface area contributed by atoms with Crippen molar-refractivity contribution in [1.29, 1.82) is 0 Å². The second kappa shape index (κ2) is 8.92. The summed E-state index contributed by atoms with van der Waals surface area (Å²) in [6.45, 7) is 2.16. The third kappa shape index (κ3) is 5.13. The van der Waals surface area contributed by atoms with E-state index in [2.05, 4.69) is 5.32 Å². The Morgan fingerprint density at radius 2 is 1.85 bits per heavy atom. The molecule has 1 aliphatic rings. The molecule has 2 heterocycles. The number of nitrogens with one attached hydrogen (secondary N) is 1.